The summed E-state index contributed by atoms with van der Waals surface area (Å²) in [7, 11) is 0. The van der Waals surface area contributed by atoms with Crippen molar-refractivity contribution in [1.82, 2.24) is 4.57 Å². The second-order valence-electron chi connectivity index (χ2n) is 4.73. The van der Waals surface area contributed by atoms with Crippen LogP contribution in [-0.4, -0.2) is 36.1 Å². The summed E-state index contributed by atoms with van der Waals surface area (Å²) in [6.07, 6.45) is 0.0743. The molecule has 2 rings (SSSR count). The Hall–Kier alpha value is -2.83. The summed E-state index contributed by atoms with van der Waals surface area (Å²) in [6.45, 7) is 1.32. The largest absolute Gasteiger partial charge is 0.508 e. The molecule has 7 heteroatoms. The van der Waals surface area contributed by atoms with Crippen LogP contribution < -0.4 is 0 Å². The summed E-state index contributed by atoms with van der Waals surface area (Å²) >= 11 is 0. The van der Waals surface area contributed by atoms with Crippen LogP contribution in [0.25, 0.3) is 0 Å². The molecule has 0 radical (unpaired) electrons. The van der Waals surface area contributed by atoms with Gasteiger partial charge in [0.2, 0.25) is 0 Å². The van der Waals surface area contributed by atoms with Crippen LogP contribution in [-0.2, 0) is 11.2 Å². The van der Waals surface area contributed by atoms with E-state index in [1.165, 1.54) is 25.1 Å². The van der Waals surface area contributed by atoms with Gasteiger partial charge in [-0.05, 0) is 18.6 Å². The Bertz CT molecular complexity index is 691. The minimum atomic E-state index is -1.20. The van der Waals surface area contributed by atoms with Crippen LogP contribution in [0.1, 0.15) is 24.1 Å². The molecule has 0 spiro atoms. The molecule has 0 amide bonds. The molecule has 1 atom stereocenters. The van der Waals surface area contributed by atoms with E-state index in [1.54, 1.807) is 0 Å². The molecule has 0 fully saturated rings. The highest BCUT2D eigenvalue weighted by atomic mass is 16.4. The third-order valence-corrected chi connectivity index (χ3v) is 3.26. The Kier molecular flexibility index (Phi) is 3.66. The van der Waals surface area contributed by atoms with E-state index in [4.69, 9.17) is 5.11 Å². The Morgan fingerprint density at radius 1 is 1.14 bits per heavy atom. The van der Waals surface area contributed by atoms with E-state index in [9.17, 15) is 25.2 Å². The average molecular weight is 293 g/mol. The lowest BCUT2D eigenvalue weighted by Gasteiger charge is -2.11. The lowest BCUT2D eigenvalue weighted by Crippen LogP contribution is -2.14. The number of aromatic nitrogens is 1. The highest BCUT2D eigenvalue weighted by Gasteiger charge is 2.23. The fraction of sp³-hybridized carbons (Fsp3) is 0.214. The molecule has 1 heterocycles. The molecule has 21 heavy (non-hydrogen) atoms. The average Bonchev–Trinajstić information content (AvgIpc) is 2.67. The minimum Gasteiger partial charge on any atom is -0.508 e. The standard InChI is InChI=1S/C14H15NO6/c1-7(14(20)21)15-12(18)5-9(13(15)19)4-8-2-3-10(16)6-11(8)17/h2-3,5-7,16-19H,4H2,1H3,(H,20,21). The first-order valence-electron chi connectivity index (χ1n) is 6.17. The van der Waals surface area contributed by atoms with E-state index in [0.29, 0.717) is 5.56 Å². The number of carbonyl (C=O) groups is 1. The molecule has 1 aromatic carbocycles. The fourth-order valence-corrected chi connectivity index (χ4v) is 2.08. The Balaban J connectivity index is 2.38. The van der Waals surface area contributed by atoms with Crippen LogP contribution in [0.4, 0.5) is 0 Å². The fourth-order valence-electron chi connectivity index (χ4n) is 2.08. The second kappa shape index (κ2) is 5.28. The van der Waals surface area contributed by atoms with Crippen LogP contribution in [0.3, 0.4) is 0 Å². The van der Waals surface area contributed by atoms with Crippen LogP contribution in [0.2, 0.25) is 0 Å². The summed E-state index contributed by atoms with van der Waals surface area (Å²) in [5.41, 5.74) is 0.685. The number of hydrogen-bond donors (Lipinski definition) is 5. The van der Waals surface area contributed by atoms with Crippen LogP contribution in [0.5, 0.6) is 23.3 Å². The SMILES string of the molecule is CC(C(=O)O)n1c(O)cc(Cc2ccc(O)cc2O)c1O. The van der Waals surface area contributed by atoms with Crippen molar-refractivity contribution in [3.63, 3.8) is 0 Å². The van der Waals surface area contributed by atoms with Crippen molar-refractivity contribution in [2.45, 2.75) is 19.4 Å². The van der Waals surface area contributed by atoms with Crippen molar-refractivity contribution < 1.29 is 30.3 Å². The number of rotatable bonds is 4. The molecule has 1 aromatic heterocycles. The summed E-state index contributed by atoms with van der Waals surface area (Å²) in [4.78, 5) is 11.0. The molecule has 0 aliphatic heterocycles. The zero-order chi connectivity index (χ0) is 15.7. The normalized spacial score (nSPS) is 12.2. The quantitative estimate of drug-likeness (QED) is 0.582. The number of phenolic OH excluding ortho intramolecular Hbond substituents is 2. The van der Waals surface area contributed by atoms with Crippen molar-refractivity contribution in [1.29, 1.82) is 0 Å². The van der Waals surface area contributed by atoms with Crippen molar-refractivity contribution in [3.05, 3.63) is 35.4 Å². The van der Waals surface area contributed by atoms with E-state index >= 15 is 0 Å². The van der Waals surface area contributed by atoms with Crippen molar-refractivity contribution >= 4 is 5.97 Å². The zero-order valence-corrected chi connectivity index (χ0v) is 11.2. The van der Waals surface area contributed by atoms with Crippen LogP contribution >= 0.6 is 0 Å². The molecule has 0 saturated heterocycles. The number of carboxylic acids is 1. The lowest BCUT2D eigenvalue weighted by molar-refractivity contribution is -0.140. The molecule has 0 bridgehead atoms. The molecule has 112 valence electrons. The smallest absolute Gasteiger partial charge is 0.326 e. The van der Waals surface area contributed by atoms with E-state index < -0.39 is 12.0 Å². The van der Waals surface area contributed by atoms with E-state index in [1.807, 2.05) is 0 Å². The van der Waals surface area contributed by atoms with Gasteiger partial charge in [0.05, 0.1) is 0 Å². The van der Waals surface area contributed by atoms with E-state index in [-0.39, 0.29) is 35.2 Å². The molecule has 2 aromatic rings. The second-order valence-corrected chi connectivity index (χ2v) is 4.73. The van der Waals surface area contributed by atoms with Gasteiger partial charge in [-0.1, -0.05) is 6.07 Å². The summed E-state index contributed by atoms with van der Waals surface area (Å²) in [5, 5.41) is 47.7. The van der Waals surface area contributed by atoms with Gasteiger partial charge in [-0.3, -0.25) is 4.57 Å². The van der Waals surface area contributed by atoms with Gasteiger partial charge < -0.3 is 25.5 Å². The molecule has 7 nitrogen and oxygen atoms in total. The molecule has 0 aliphatic carbocycles. The number of benzene rings is 1. The van der Waals surface area contributed by atoms with Crippen molar-refractivity contribution in [2.24, 2.45) is 0 Å². The van der Waals surface area contributed by atoms with Gasteiger partial charge >= 0.3 is 5.97 Å². The Labute approximate surface area is 120 Å². The Morgan fingerprint density at radius 3 is 2.38 bits per heavy atom. The van der Waals surface area contributed by atoms with Gasteiger partial charge in [-0.2, -0.15) is 0 Å². The highest BCUT2D eigenvalue weighted by Crippen LogP contribution is 2.35. The molecular weight excluding hydrogens is 278 g/mol. The number of carboxylic acid groups (broad SMARTS) is 1. The van der Waals surface area contributed by atoms with E-state index in [2.05, 4.69) is 0 Å². The van der Waals surface area contributed by atoms with Gasteiger partial charge in [-0.25, -0.2) is 4.79 Å². The Morgan fingerprint density at radius 2 is 1.81 bits per heavy atom. The van der Waals surface area contributed by atoms with Gasteiger partial charge in [0.1, 0.15) is 17.5 Å². The molecule has 0 saturated carbocycles. The number of nitrogens with zero attached hydrogens (tertiary/aromatic N) is 1. The number of hydrogen-bond acceptors (Lipinski definition) is 5. The molecular formula is C14H15NO6. The van der Waals surface area contributed by atoms with Gasteiger partial charge in [0, 0.05) is 24.1 Å². The molecule has 0 aliphatic rings. The summed E-state index contributed by atoms with van der Waals surface area (Å²) in [6, 6.07) is 4.11. The number of aliphatic carboxylic acids is 1. The number of phenols is 2. The third-order valence-electron chi connectivity index (χ3n) is 3.26. The topological polar surface area (TPSA) is 123 Å². The first-order valence-corrected chi connectivity index (χ1v) is 6.17. The summed E-state index contributed by atoms with van der Waals surface area (Å²) in [5.74, 6) is -2.21. The molecule has 1 unspecified atom stereocenters. The predicted molar refractivity (Wildman–Crippen MR) is 72.7 cm³/mol. The summed E-state index contributed by atoms with van der Waals surface area (Å²) < 4.78 is 0.884. The monoisotopic (exact) mass is 293 g/mol. The van der Waals surface area contributed by atoms with Crippen molar-refractivity contribution in [3.8, 4) is 23.3 Å². The first-order chi connectivity index (χ1) is 9.81. The maximum absolute atomic E-state index is 11.0. The highest BCUT2D eigenvalue weighted by molar-refractivity contribution is 5.72. The van der Waals surface area contributed by atoms with Crippen LogP contribution in [0.15, 0.2) is 24.3 Å². The number of aromatic hydroxyl groups is 4. The third kappa shape index (κ3) is 2.71. The first kappa shape index (κ1) is 14.6. The lowest BCUT2D eigenvalue weighted by atomic mass is 10.1. The predicted octanol–water partition coefficient (Wildman–Crippen LogP) is 1.55. The van der Waals surface area contributed by atoms with Gasteiger partial charge in [0.15, 0.2) is 11.8 Å². The maximum Gasteiger partial charge on any atom is 0.326 e. The van der Waals surface area contributed by atoms with Gasteiger partial charge in [-0.15, -0.1) is 0 Å². The zero-order valence-electron chi connectivity index (χ0n) is 11.2. The van der Waals surface area contributed by atoms with E-state index in [0.717, 1.165) is 10.6 Å². The maximum atomic E-state index is 11.0. The van der Waals surface area contributed by atoms with Crippen molar-refractivity contribution in [2.75, 3.05) is 0 Å². The minimum absolute atomic E-state index is 0.0743. The molecule has 5 N–H and O–H groups in total. The van der Waals surface area contributed by atoms with Crippen LogP contribution in [0, 0.1) is 0 Å². The van der Waals surface area contributed by atoms with Gasteiger partial charge in [0.25, 0.3) is 0 Å².